The molecule has 2 heterocycles. The van der Waals surface area contributed by atoms with Gasteiger partial charge in [0.15, 0.2) is 11.0 Å². The molecule has 1 unspecified atom stereocenters. The SMILES string of the molecule is CCCCCCn1c(SC(C)C(=O)Nc2c(C)nn(C)c2C)nnc1-c1ccc(Cl)cc1. The summed E-state index contributed by atoms with van der Waals surface area (Å²) in [5, 5.41) is 17.4. The van der Waals surface area contributed by atoms with Crippen LogP contribution < -0.4 is 5.32 Å². The molecule has 172 valence electrons. The molecule has 0 saturated heterocycles. The van der Waals surface area contributed by atoms with Gasteiger partial charge in [0.1, 0.15) is 0 Å². The van der Waals surface area contributed by atoms with E-state index in [4.69, 9.17) is 11.6 Å². The first-order chi connectivity index (χ1) is 15.3. The van der Waals surface area contributed by atoms with Crippen LogP contribution >= 0.6 is 23.4 Å². The van der Waals surface area contributed by atoms with Crippen LogP contribution in [0, 0.1) is 13.8 Å². The van der Waals surface area contributed by atoms with Crippen molar-refractivity contribution in [2.75, 3.05) is 5.32 Å². The number of halogens is 1. The van der Waals surface area contributed by atoms with Crippen molar-refractivity contribution < 1.29 is 4.79 Å². The van der Waals surface area contributed by atoms with Gasteiger partial charge in [-0.25, -0.2) is 0 Å². The van der Waals surface area contributed by atoms with Crippen molar-refractivity contribution >= 4 is 35.0 Å². The maximum Gasteiger partial charge on any atom is 0.237 e. The quantitative estimate of drug-likeness (QED) is 0.303. The van der Waals surface area contributed by atoms with Gasteiger partial charge in [-0.15, -0.1) is 10.2 Å². The van der Waals surface area contributed by atoms with Crippen LogP contribution in [-0.2, 0) is 18.4 Å². The molecule has 0 aliphatic carbocycles. The monoisotopic (exact) mass is 474 g/mol. The summed E-state index contributed by atoms with van der Waals surface area (Å²) < 4.78 is 3.89. The van der Waals surface area contributed by atoms with Crippen LogP contribution in [-0.4, -0.2) is 35.7 Å². The van der Waals surface area contributed by atoms with E-state index >= 15 is 0 Å². The minimum absolute atomic E-state index is 0.0808. The third-order valence-corrected chi connectivity index (χ3v) is 6.80. The summed E-state index contributed by atoms with van der Waals surface area (Å²) in [7, 11) is 1.87. The lowest BCUT2D eigenvalue weighted by Crippen LogP contribution is -2.23. The van der Waals surface area contributed by atoms with Gasteiger partial charge in [0.2, 0.25) is 5.91 Å². The highest BCUT2D eigenvalue weighted by Crippen LogP contribution is 2.29. The number of carbonyl (C=O) groups is 1. The molecule has 2 aromatic heterocycles. The Hall–Kier alpha value is -2.32. The van der Waals surface area contributed by atoms with Crippen LogP contribution in [0.15, 0.2) is 29.4 Å². The molecule has 0 aliphatic heterocycles. The second kappa shape index (κ2) is 11.0. The molecule has 0 radical (unpaired) electrons. The molecule has 0 aliphatic rings. The highest BCUT2D eigenvalue weighted by atomic mass is 35.5. The largest absolute Gasteiger partial charge is 0.322 e. The van der Waals surface area contributed by atoms with Crippen LogP contribution in [0.1, 0.15) is 50.9 Å². The van der Waals surface area contributed by atoms with E-state index in [0.29, 0.717) is 5.02 Å². The Labute approximate surface area is 198 Å². The number of amides is 1. The summed E-state index contributed by atoms with van der Waals surface area (Å²) in [6.45, 7) is 8.73. The van der Waals surface area contributed by atoms with E-state index in [0.717, 1.165) is 53.0 Å². The summed E-state index contributed by atoms with van der Waals surface area (Å²) in [5.41, 5.74) is 3.47. The molecule has 1 aromatic carbocycles. The maximum absolute atomic E-state index is 12.9. The maximum atomic E-state index is 12.9. The smallest absolute Gasteiger partial charge is 0.237 e. The Bertz CT molecular complexity index is 1060. The molecule has 3 rings (SSSR count). The van der Waals surface area contributed by atoms with Gasteiger partial charge in [-0.05, 0) is 51.5 Å². The predicted octanol–water partition coefficient (Wildman–Crippen LogP) is 5.65. The fourth-order valence-corrected chi connectivity index (χ4v) is 4.48. The van der Waals surface area contributed by atoms with Crippen LogP contribution in [0.2, 0.25) is 5.02 Å². The first-order valence-electron chi connectivity index (χ1n) is 11.0. The van der Waals surface area contributed by atoms with Crippen molar-refractivity contribution in [3.05, 3.63) is 40.7 Å². The molecule has 0 bridgehead atoms. The Morgan fingerprint density at radius 3 is 2.50 bits per heavy atom. The van der Waals surface area contributed by atoms with Crippen LogP contribution in [0.3, 0.4) is 0 Å². The number of hydrogen-bond donors (Lipinski definition) is 1. The normalized spacial score (nSPS) is 12.2. The average Bonchev–Trinajstić information content (AvgIpc) is 3.26. The van der Waals surface area contributed by atoms with E-state index in [1.54, 1.807) is 4.68 Å². The van der Waals surface area contributed by atoms with Crippen molar-refractivity contribution in [3.63, 3.8) is 0 Å². The number of aryl methyl sites for hydroxylation is 2. The van der Waals surface area contributed by atoms with E-state index in [1.165, 1.54) is 24.6 Å². The molecule has 1 N–H and O–H groups in total. The number of hydrogen-bond acceptors (Lipinski definition) is 5. The van der Waals surface area contributed by atoms with Crippen LogP contribution in [0.5, 0.6) is 0 Å². The fraction of sp³-hybridized carbons (Fsp3) is 0.478. The lowest BCUT2D eigenvalue weighted by Gasteiger charge is -2.14. The molecule has 0 saturated carbocycles. The number of thioether (sulfide) groups is 1. The number of benzene rings is 1. The topological polar surface area (TPSA) is 77.6 Å². The molecule has 9 heteroatoms. The Morgan fingerprint density at radius 2 is 1.88 bits per heavy atom. The number of rotatable bonds is 10. The summed E-state index contributed by atoms with van der Waals surface area (Å²) in [6, 6.07) is 7.61. The first kappa shape index (κ1) is 24.3. The molecule has 7 nitrogen and oxygen atoms in total. The van der Waals surface area contributed by atoms with Gasteiger partial charge in [-0.2, -0.15) is 5.10 Å². The lowest BCUT2D eigenvalue weighted by atomic mass is 10.2. The fourth-order valence-electron chi connectivity index (χ4n) is 3.48. The second-order valence-corrected chi connectivity index (χ2v) is 9.69. The van der Waals surface area contributed by atoms with Crippen LogP contribution in [0.4, 0.5) is 5.69 Å². The molecule has 1 amide bonds. The zero-order valence-electron chi connectivity index (χ0n) is 19.4. The Kier molecular flexibility index (Phi) is 8.37. The van der Waals surface area contributed by atoms with Crippen molar-refractivity contribution in [1.82, 2.24) is 24.5 Å². The highest BCUT2D eigenvalue weighted by Gasteiger charge is 2.22. The highest BCUT2D eigenvalue weighted by molar-refractivity contribution is 8.00. The Morgan fingerprint density at radius 1 is 1.16 bits per heavy atom. The Balaban J connectivity index is 1.79. The van der Waals surface area contributed by atoms with Crippen molar-refractivity contribution in [2.24, 2.45) is 7.05 Å². The van der Waals surface area contributed by atoms with E-state index < -0.39 is 0 Å². The lowest BCUT2D eigenvalue weighted by molar-refractivity contribution is -0.115. The number of nitrogens with one attached hydrogen (secondary N) is 1. The van der Waals surface area contributed by atoms with Crippen LogP contribution in [0.25, 0.3) is 11.4 Å². The molecule has 1 atom stereocenters. The molecule has 32 heavy (non-hydrogen) atoms. The number of nitrogens with zero attached hydrogens (tertiary/aromatic N) is 5. The molecule has 0 spiro atoms. The number of unbranched alkanes of at least 4 members (excludes halogenated alkanes) is 3. The van der Waals surface area contributed by atoms with Gasteiger partial charge in [0.25, 0.3) is 0 Å². The third kappa shape index (κ3) is 5.72. The van der Waals surface area contributed by atoms with Gasteiger partial charge < -0.3 is 9.88 Å². The standard InChI is InChI=1S/C23H31ClN6OS/c1-6-7-8-9-14-30-21(18-10-12-19(24)13-11-18)26-27-23(30)32-17(4)22(31)25-20-15(2)28-29(5)16(20)3/h10-13,17H,6-9,14H2,1-5H3,(H,25,31). The zero-order valence-corrected chi connectivity index (χ0v) is 20.9. The minimum atomic E-state index is -0.342. The summed E-state index contributed by atoms with van der Waals surface area (Å²) in [6.07, 6.45) is 4.56. The predicted molar refractivity (Wildman–Crippen MR) is 131 cm³/mol. The molecule has 3 aromatic rings. The average molecular weight is 475 g/mol. The molecular weight excluding hydrogens is 444 g/mol. The van der Waals surface area contributed by atoms with Crippen molar-refractivity contribution in [3.8, 4) is 11.4 Å². The number of aromatic nitrogens is 5. The summed E-state index contributed by atoms with van der Waals surface area (Å²) in [5.74, 6) is 0.718. The first-order valence-corrected chi connectivity index (χ1v) is 12.2. The van der Waals surface area contributed by atoms with E-state index in [1.807, 2.05) is 52.1 Å². The summed E-state index contributed by atoms with van der Waals surface area (Å²) >= 11 is 7.48. The van der Waals surface area contributed by atoms with Gasteiger partial charge in [0.05, 0.1) is 22.3 Å². The van der Waals surface area contributed by atoms with Gasteiger partial charge in [-0.3, -0.25) is 9.48 Å². The number of carbonyl (C=O) groups excluding carboxylic acids is 1. The van der Waals surface area contributed by atoms with Gasteiger partial charge in [0, 0.05) is 24.2 Å². The molecular formula is C23H31ClN6OS. The van der Waals surface area contributed by atoms with Gasteiger partial charge in [-0.1, -0.05) is 49.5 Å². The number of anilines is 1. The van der Waals surface area contributed by atoms with E-state index in [2.05, 4.69) is 32.1 Å². The zero-order chi connectivity index (χ0) is 23.3. The van der Waals surface area contributed by atoms with Crippen molar-refractivity contribution in [1.29, 1.82) is 0 Å². The third-order valence-electron chi connectivity index (χ3n) is 5.46. The summed E-state index contributed by atoms with van der Waals surface area (Å²) in [4.78, 5) is 12.9. The van der Waals surface area contributed by atoms with Crippen molar-refractivity contribution in [2.45, 2.75) is 70.3 Å². The van der Waals surface area contributed by atoms with E-state index in [-0.39, 0.29) is 11.2 Å². The minimum Gasteiger partial charge on any atom is -0.322 e. The second-order valence-electron chi connectivity index (χ2n) is 7.94. The molecule has 0 fully saturated rings. The van der Waals surface area contributed by atoms with Gasteiger partial charge >= 0.3 is 0 Å². The van der Waals surface area contributed by atoms with E-state index in [9.17, 15) is 4.79 Å².